The molecule has 0 fully saturated rings. The summed E-state index contributed by atoms with van der Waals surface area (Å²) in [6.07, 6.45) is -3.65. The fourth-order valence-corrected chi connectivity index (χ4v) is 1.78. The molecule has 0 amide bonds. The van der Waals surface area contributed by atoms with E-state index in [0.29, 0.717) is 0 Å². The summed E-state index contributed by atoms with van der Waals surface area (Å²) in [7, 11) is 0.942. The fraction of sp³-hybridized carbons (Fsp3) is 0.286. The molecule has 0 bridgehead atoms. The Morgan fingerprint density at radius 2 is 1.42 bits per heavy atom. The minimum Gasteiger partial charge on any atom is -0.509 e. The second kappa shape index (κ2) is 7.39. The maximum Gasteiger partial charge on any atom is 0.310 e. The molecule has 0 heterocycles. The normalized spacial score (nSPS) is 13.3. The Morgan fingerprint density at radius 1 is 1.00 bits per heavy atom. The number of halogens is 5. The topological polar surface area (TPSA) is 83.8 Å². The number of esters is 1. The summed E-state index contributed by atoms with van der Waals surface area (Å²) >= 11 is 0. The van der Waals surface area contributed by atoms with Gasteiger partial charge in [0, 0.05) is 5.57 Å². The van der Waals surface area contributed by atoms with E-state index < -0.39 is 70.3 Å². The Kier molecular flexibility index (Phi) is 6.02. The summed E-state index contributed by atoms with van der Waals surface area (Å²) in [5.74, 6) is -15.4. The van der Waals surface area contributed by atoms with Crippen molar-refractivity contribution in [2.24, 2.45) is 0 Å². The van der Waals surface area contributed by atoms with Crippen LogP contribution in [0.1, 0.15) is 25.0 Å². The van der Waals surface area contributed by atoms with Gasteiger partial charge in [0.2, 0.25) is 5.82 Å². The number of aliphatic hydroxyl groups excluding tert-OH is 2. The quantitative estimate of drug-likeness (QED) is 0.212. The third kappa shape index (κ3) is 3.53. The van der Waals surface area contributed by atoms with E-state index in [9.17, 15) is 41.8 Å². The van der Waals surface area contributed by atoms with Gasteiger partial charge in [-0.2, -0.15) is 0 Å². The Hall–Kier alpha value is -2.49. The summed E-state index contributed by atoms with van der Waals surface area (Å²) in [4.78, 5) is 22.6. The van der Waals surface area contributed by atoms with Crippen molar-refractivity contribution >= 4 is 11.8 Å². The SMILES string of the molecule is COC(=O)C/C(C(C)=O)=C(/O)C(O)c1c(F)c(F)c(F)c(F)c1F. The zero-order chi connectivity index (χ0) is 18.8. The number of aliphatic hydroxyl groups is 2. The van der Waals surface area contributed by atoms with E-state index in [1.54, 1.807) is 0 Å². The van der Waals surface area contributed by atoms with Crippen molar-refractivity contribution in [3.05, 3.63) is 46.0 Å². The maximum atomic E-state index is 13.6. The van der Waals surface area contributed by atoms with E-state index in [0.717, 1.165) is 14.0 Å². The first-order valence-electron chi connectivity index (χ1n) is 6.23. The third-order valence-electron chi connectivity index (χ3n) is 3.06. The Labute approximate surface area is 132 Å². The molecule has 1 unspecified atom stereocenters. The van der Waals surface area contributed by atoms with Crippen molar-refractivity contribution in [3.63, 3.8) is 0 Å². The van der Waals surface area contributed by atoms with Crippen LogP contribution in [0.2, 0.25) is 0 Å². The van der Waals surface area contributed by atoms with Crippen LogP contribution in [-0.2, 0) is 14.3 Å². The van der Waals surface area contributed by atoms with Crippen LogP contribution in [0, 0.1) is 29.1 Å². The third-order valence-corrected chi connectivity index (χ3v) is 3.06. The predicted octanol–water partition coefficient (Wildman–Crippen LogP) is 2.38. The van der Waals surface area contributed by atoms with Crippen molar-refractivity contribution in [3.8, 4) is 0 Å². The number of hydrogen-bond donors (Lipinski definition) is 2. The summed E-state index contributed by atoms with van der Waals surface area (Å²) in [5, 5.41) is 19.5. The van der Waals surface area contributed by atoms with Crippen LogP contribution in [-0.4, -0.2) is 29.1 Å². The van der Waals surface area contributed by atoms with Crippen molar-refractivity contribution in [1.82, 2.24) is 0 Å². The Balaban J connectivity index is 3.54. The lowest BCUT2D eigenvalue weighted by molar-refractivity contribution is -0.140. The van der Waals surface area contributed by atoms with Crippen LogP contribution < -0.4 is 0 Å². The number of methoxy groups -OCH3 is 1. The van der Waals surface area contributed by atoms with Crippen LogP contribution in [0.3, 0.4) is 0 Å². The zero-order valence-electron chi connectivity index (χ0n) is 12.3. The van der Waals surface area contributed by atoms with Crippen molar-refractivity contribution in [1.29, 1.82) is 0 Å². The Morgan fingerprint density at radius 3 is 1.79 bits per heavy atom. The molecule has 24 heavy (non-hydrogen) atoms. The summed E-state index contributed by atoms with van der Waals surface area (Å²) in [6.45, 7) is 0.847. The molecule has 0 saturated heterocycles. The lowest BCUT2D eigenvalue weighted by atomic mass is 9.98. The molecule has 5 nitrogen and oxygen atoms in total. The number of Topliss-reactive ketones (excluding diaryl/α,β-unsaturated/α-hetero) is 1. The molecule has 1 atom stereocenters. The number of benzene rings is 1. The molecule has 0 aliphatic rings. The first-order chi connectivity index (χ1) is 11.0. The van der Waals surface area contributed by atoms with Gasteiger partial charge in [0.1, 0.15) is 11.9 Å². The van der Waals surface area contributed by atoms with Crippen LogP contribution in [0.4, 0.5) is 22.0 Å². The number of ether oxygens (including phenoxy) is 1. The number of hydrogen-bond acceptors (Lipinski definition) is 5. The predicted molar refractivity (Wildman–Crippen MR) is 68.2 cm³/mol. The molecule has 1 aromatic carbocycles. The molecule has 0 aromatic heterocycles. The average molecular weight is 354 g/mol. The monoisotopic (exact) mass is 354 g/mol. The van der Waals surface area contributed by atoms with Gasteiger partial charge in [0.15, 0.2) is 29.1 Å². The first-order valence-corrected chi connectivity index (χ1v) is 6.23. The molecular weight excluding hydrogens is 343 g/mol. The average Bonchev–Trinajstić information content (AvgIpc) is 2.54. The highest BCUT2D eigenvalue weighted by atomic mass is 19.2. The summed E-state index contributed by atoms with van der Waals surface area (Å²) < 4.78 is 70.7. The highest BCUT2D eigenvalue weighted by Gasteiger charge is 2.33. The summed E-state index contributed by atoms with van der Waals surface area (Å²) in [5.41, 5.74) is -2.56. The molecule has 132 valence electrons. The molecule has 1 aromatic rings. The molecule has 0 aliphatic carbocycles. The van der Waals surface area contributed by atoms with E-state index in [4.69, 9.17) is 0 Å². The first kappa shape index (κ1) is 19.6. The molecular formula is C14H11F5O5. The highest BCUT2D eigenvalue weighted by molar-refractivity contribution is 5.98. The minimum absolute atomic E-state index is 0.807. The van der Waals surface area contributed by atoms with Crippen LogP contribution >= 0.6 is 0 Å². The van der Waals surface area contributed by atoms with Crippen LogP contribution in [0.15, 0.2) is 11.3 Å². The van der Waals surface area contributed by atoms with E-state index in [1.165, 1.54) is 0 Å². The molecule has 1 rings (SSSR count). The van der Waals surface area contributed by atoms with Gasteiger partial charge in [-0.05, 0) is 6.92 Å². The molecule has 10 heteroatoms. The largest absolute Gasteiger partial charge is 0.509 e. The lowest BCUT2D eigenvalue weighted by Crippen LogP contribution is -2.17. The Bertz CT molecular complexity index is 700. The van der Waals surface area contributed by atoms with Gasteiger partial charge in [-0.1, -0.05) is 0 Å². The second-order valence-electron chi connectivity index (χ2n) is 4.56. The fourth-order valence-electron chi connectivity index (χ4n) is 1.78. The second-order valence-corrected chi connectivity index (χ2v) is 4.56. The minimum atomic E-state index is -2.77. The highest BCUT2D eigenvalue weighted by Crippen LogP contribution is 2.32. The van der Waals surface area contributed by atoms with E-state index in [1.807, 2.05) is 0 Å². The summed E-state index contributed by atoms with van der Waals surface area (Å²) in [6, 6.07) is 0. The maximum absolute atomic E-state index is 13.6. The van der Waals surface area contributed by atoms with Crippen molar-refractivity contribution in [2.75, 3.05) is 7.11 Å². The van der Waals surface area contributed by atoms with E-state index in [-0.39, 0.29) is 0 Å². The number of carbonyl (C=O) groups excluding carboxylic acids is 2. The van der Waals surface area contributed by atoms with Crippen LogP contribution in [0.25, 0.3) is 0 Å². The smallest absolute Gasteiger partial charge is 0.310 e. The van der Waals surface area contributed by atoms with Gasteiger partial charge < -0.3 is 14.9 Å². The van der Waals surface area contributed by atoms with Gasteiger partial charge in [0.25, 0.3) is 0 Å². The van der Waals surface area contributed by atoms with E-state index in [2.05, 4.69) is 4.74 Å². The lowest BCUT2D eigenvalue weighted by Gasteiger charge is -2.16. The molecule has 0 spiro atoms. The van der Waals surface area contributed by atoms with Gasteiger partial charge in [-0.3, -0.25) is 9.59 Å². The van der Waals surface area contributed by atoms with Gasteiger partial charge in [-0.25, -0.2) is 22.0 Å². The molecule has 0 saturated carbocycles. The number of carbonyl (C=O) groups is 2. The van der Waals surface area contributed by atoms with Crippen LogP contribution in [0.5, 0.6) is 0 Å². The number of ketones is 1. The van der Waals surface area contributed by atoms with Gasteiger partial charge in [-0.15, -0.1) is 0 Å². The van der Waals surface area contributed by atoms with Crippen molar-refractivity contribution < 1.29 is 46.5 Å². The molecule has 2 N–H and O–H groups in total. The molecule has 0 aliphatic heterocycles. The van der Waals surface area contributed by atoms with Gasteiger partial charge in [0.05, 0.1) is 19.1 Å². The van der Waals surface area contributed by atoms with E-state index >= 15 is 0 Å². The van der Waals surface area contributed by atoms with Crippen molar-refractivity contribution in [2.45, 2.75) is 19.4 Å². The molecule has 0 radical (unpaired) electrons. The zero-order valence-corrected chi connectivity index (χ0v) is 12.3. The standard InChI is InChI=1S/C14H11F5O5/c1-4(20)5(3-6(21)24-2)13(22)14(23)7-8(15)10(17)12(19)11(18)9(7)16/h14,22-23H,3H2,1-2H3/b13-5-. The number of rotatable bonds is 5. The van der Waals surface area contributed by atoms with Gasteiger partial charge >= 0.3 is 5.97 Å².